The maximum atomic E-state index is 12.5. The van der Waals surface area contributed by atoms with Crippen molar-refractivity contribution in [2.45, 2.75) is 18.7 Å². The van der Waals surface area contributed by atoms with Gasteiger partial charge in [0.2, 0.25) is 5.91 Å². The minimum absolute atomic E-state index is 0.0550. The number of aryl methyl sites for hydroxylation is 1. The topological polar surface area (TPSA) is 66.9 Å². The van der Waals surface area contributed by atoms with Gasteiger partial charge < -0.3 is 14.0 Å². The number of rotatable bonds is 4. The van der Waals surface area contributed by atoms with Gasteiger partial charge in [0, 0.05) is 43.8 Å². The molecule has 1 aliphatic heterocycles. The molecule has 6 nitrogen and oxygen atoms in total. The fourth-order valence-electron chi connectivity index (χ4n) is 3.01. The van der Waals surface area contributed by atoms with Crippen molar-refractivity contribution >= 4 is 33.3 Å². The Kier molecular flexibility index (Phi) is 5.62. The van der Waals surface area contributed by atoms with Crippen LogP contribution in [-0.4, -0.2) is 45.4 Å². The highest BCUT2D eigenvalue weighted by Crippen LogP contribution is 2.26. The number of hydrogen-bond donors (Lipinski definition) is 0. The van der Waals surface area contributed by atoms with Gasteiger partial charge in [-0.15, -0.1) is 0 Å². The van der Waals surface area contributed by atoms with Gasteiger partial charge in [0.1, 0.15) is 10.6 Å². The molecule has 0 spiro atoms. The van der Waals surface area contributed by atoms with Gasteiger partial charge in [0.05, 0.1) is 0 Å². The number of carbonyl (C=O) groups excluding carboxylic acids is 1. The predicted octanol–water partition coefficient (Wildman–Crippen LogP) is 3.08. The Morgan fingerprint density at radius 3 is 2.26 bits per heavy atom. The molecule has 1 amide bonds. The number of hydrogen-bond acceptors (Lipinski definition) is 5. The second-order valence-corrected chi connectivity index (χ2v) is 8.39. The van der Waals surface area contributed by atoms with E-state index in [-0.39, 0.29) is 16.6 Å². The lowest BCUT2D eigenvalue weighted by atomic mass is 10.2. The number of carbonyl (C=O) groups is 1. The molecule has 0 bridgehead atoms. The lowest BCUT2D eigenvalue weighted by Crippen LogP contribution is -2.48. The van der Waals surface area contributed by atoms with Crippen molar-refractivity contribution in [3.63, 3.8) is 0 Å². The third-order valence-electron chi connectivity index (χ3n) is 4.55. The molecule has 1 fully saturated rings. The average Bonchev–Trinajstić information content (AvgIpc) is 2.64. The highest BCUT2D eigenvalue weighted by atomic mass is 35.5. The molecule has 1 saturated heterocycles. The van der Waals surface area contributed by atoms with Crippen LogP contribution in [0.1, 0.15) is 12.5 Å². The Morgan fingerprint density at radius 2 is 1.67 bits per heavy atom. The lowest BCUT2D eigenvalue weighted by Gasteiger charge is -2.35. The van der Waals surface area contributed by atoms with Crippen molar-refractivity contribution in [3.8, 4) is 5.75 Å². The molecule has 144 valence electrons. The zero-order chi connectivity index (χ0) is 19.6. The summed E-state index contributed by atoms with van der Waals surface area (Å²) in [4.78, 5) is 15.4. The first-order valence-corrected chi connectivity index (χ1v) is 10.4. The van der Waals surface area contributed by atoms with Gasteiger partial charge in [0.25, 0.3) is 0 Å². The third-order valence-corrected chi connectivity index (χ3v) is 6.18. The first-order chi connectivity index (χ1) is 12.8. The van der Waals surface area contributed by atoms with E-state index in [1.165, 1.54) is 6.07 Å². The Labute approximate surface area is 164 Å². The number of benzene rings is 2. The number of halogens is 1. The first-order valence-electron chi connectivity index (χ1n) is 8.57. The van der Waals surface area contributed by atoms with Crippen LogP contribution >= 0.6 is 11.6 Å². The summed E-state index contributed by atoms with van der Waals surface area (Å²) in [5, 5.41) is 0.336. The summed E-state index contributed by atoms with van der Waals surface area (Å²) in [5.41, 5.74) is 1.53. The van der Waals surface area contributed by atoms with Crippen molar-refractivity contribution in [2.24, 2.45) is 0 Å². The molecule has 0 N–H and O–H groups in total. The quantitative estimate of drug-likeness (QED) is 0.727. The number of amides is 1. The molecular weight excluding hydrogens is 388 g/mol. The normalized spacial score (nSPS) is 14.9. The van der Waals surface area contributed by atoms with E-state index in [4.69, 9.17) is 15.8 Å². The third kappa shape index (κ3) is 4.54. The van der Waals surface area contributed by atoms with Crippen LogP contribution in [0.4, 0.5) is 5.69 Å². The monoisotopic (exact) mass is 408 g/mol. The highest BCUT2D eigenvalue weighted by molar-refractivity contribution is 7.87. The molecule has 3 rings (SSSR count). The molecule has 2 aromatic carbocycles. The predicted molar refractivity (Wildman–Crippen MR) is 105 cm³/mol. The van der Waals surface area contributed by atoms with Crippen molar-refractivity contribution in [1.82, 2.24) is 4.90 Å². The van der Waals surface area contributed by atoms with Crippen LogP contribution in [0.15, 0.2) is 47.4 Å². The zero-order valence-electron chi connectivity index (χ0n) is 15.2. The van der Waals surface area contributed by atoms with E-state index in [1.807, 2.05) is 17.0 Å². The second kappa shape index (κ2) is 7.78. The summed E-state index contributed by atoms with van der Waals surface area (Å²) in [6, 6.07) is 11.6. The van der Waals surface area contributed by atoms with E-state index in [2.05, 4.69) is 4.90 Å². The van der Waals surface area contributed by atoms with Crippen LogP contribution in [0.5, 0.6) is 5.75 Å². The van der Waals surface area contributed by atoms with E-state index >= 15 is 0 Å². The minimum Gasteiger partial charge on any atom is -0.379 e. The summed E-state index contributed by atoms with van der Waals surface area (Å²) < 4.78 is 30.3. The molecule has 0 radical (unpaired) electrons. The molecule has 1 aliphatic rings. The van der Waals surface area contributed by atoms with E-state index in [9.17, 15) is 13.2 Å². The second-order valence-electron chi connectivity index (χ2n) is 6.43. The SMILES string of the molecule is CC(=O)N1CCN(c2ccc(OS(=O)(=O)c3cc(Cl)ccc3C)cc2)CC1. The minimum atomic E-state index is -3.96. The summed E-state index contributed by atoms with van der Waals surface area (Å²) in [6.07, 6.45) is 0. The van der Waals surface area contributed by atoms with Crippen LogP contribution in [-0.2, 0) is 14.9 Å². The zero-order valence-corrected chi connectivity index (χ0v) is 16.8. The van der Waals surface area contributed by atoms with Gasteiger partial charge in [-0.25, -0.2) is 0 Å². The van der Waals surface area contributed by atoms with E-state index in [0.717, 1.165) is 18.8 Å². The van der Waals surface area contributed by atoms with Gasteiger partial charge in [0.15, 0.2) is 0 Å². The molecule has 0 saturated carbocycles. The van der Waals surface area contributed by atoms with Crippen molar-refractivity contribution < 1.29 is 17.4 Å². The van der Waals surface area contributed by atoms with Gasteiger partial charge in [-0.3, -0.25) is 4.79 Å². The molecular formula is C19H21ClN2O4S. The standard InChI is InChI=1S/C19H21ClN2O4S/c1-14-3-4-16(20)13-19(14)27(24,25)26-18-7-5-17(6-8-18)22-11-9-21(10-12-22)15(2)23/h3-8,13H,9-12H2,1-2H3. The van der Waals surface area contributed by atoms with Crippen molar-refractivity contribution in [3.05, 3.63) is 53.1 Å². The van der Waals surface area contributed by atoms with E-state index in [0.29, 0.717) is 23.7 Å². The number of nitrogens with zero attached hydrogens (tertiary/aromatic N) is 2. The van der Waals surface area contributed by atoms with E-state index < -0.39 is 10.1 Å². The summed E-state index contributed by atoms with van der Waals surface area (Å²) >= 11 is 5.91. The van der Waals surface area contributed by atoms with Gasteiger partial charge in [-0.2, -0.15) is 8.42 Å². The van der Waals surface area contributed by atoms with Crippen LogP contribution in [0, 0.1) is 6.92 Å². The smallest absolute Gasteiger partial charge is 0.339 e. The number of piperazine rings is 1. The summed E-state index contributed by atoms with van der Waals surface area (Å²) in [7, 11) is -3.96. The first kappa shape index (κ1) is 19.5. The molecule has 8 heteroatoms. The van der Waals surface area contributed by atoms with Crippen LogP contribution in [0.2, 0.25) is 5.02 Å². The fourth-order valence-corrected chi connectivity index (χ4v) is 4.43. The Bertz CT molecular complexity index is 937. The van der Waals surface area contributed by atoms with Gasteiger partial charge in [-0.1, -0.05) is 17.7 Å². The van der Waals surface area contributed by atoms with Gasteiger partial charge >= 0.3 is 10.1 Å². The van der Waals surface area contributed by atoms with Crippen LogP contribution < -0.4 is 9.08 Å². The van der Waals surface area contributed by atoms with Crippen LogP contribution in [0.25, 0.3) is 0 Å². The fraction of sp³-hybridized carbons (Fsp3) is 0.316. The molecule has 2 aromatic rings. The molecule has 0 aromatic heterocycles. The Hall–Kier alpha value is -2.25. The Balaban J connectivity index is 1.71. The molecule has 0 atom stereocenters. The summed E-state index contributed by atoms with van der Waals surface area (Å²) in [5.74, 6) is 0.320. The maximum Gasteiger partial charge on any atom is 0.339 e. The molecule has 27 heavy (non-hydrogen) atoms. The summed E-state index contributed by atoms with van der Waals surface area (Å²) in [6.45, 7) is 6.09. The number of anilines is 1. The van der Waals surface area contributed by atoms with Crippen molar-refractivity contribution in [1.29, 1.82) is 0 Å². The molecule has 0 unspecified atom stereocenters. The maximum absolute atomic E-state index is 12.5. The van der Waals surface area contributed by atoms with E-state index in [1.54, 1.807) is 38.1 Å². The average molecular weight is 409 g/mol. The lowest BCUT2D eigenvalue weighted by molar-refractivity contribution is -0.129. The van der Waals surface area contributed by atoms with Gasteiger partial charge in [-0.05, 0) is 48.9 Å². The molecule has 1 heterocycles. The van der Waals surface area contributed by atoms with Crippen LogP contribution in [0.3, 0.4) is 0 Å². The Morgan fingerprint density at radius 1 is 1.04 bits per heavy atom. The van der Waals surface area contributed by atoms with Crippen molar-refractivity contribution in [2.75, 3.05) is 31.1 Å². The molecule has 0 aliphatic carbocycles. The highest BCUT2D eigenvalue weighted by Gasteiger charge is 2.21. The largest absolute Gasteiger partial charge is 0.379 e.